The first-order valence-electron chi connectivity index (χ1n) is 6.34. The van der Waals surface area contributed by atoms with Gasteiger partial charge in [-0.2, -0.15) is 0 Å². The van der Waals surface area contributed by atoms with Crippen molar-refractivity contribution in [2.75, 3.05) is 4.72 Å². The normalized spacial score (nSPS) is 11.2. The molecular weight excluding hydrogens is 370 g/mol. The van der Waals surface area contributed by atoms with E-state index in [0.29, 0.717) is 11.3 Å². The monoisotopic (exact) mass is 383 g/mol. The summed E-state index contributed by atoms with van der Waals surface area (Å²) in [5.41, 5.74) is 1.16. The first-order valence-corrected chi connectivity index (χ1v) is 8.62. The number of hydrogen-bond donors (Lipinski definition) is 2. The highest BCUT2D eigenvalue weighted by Crippen LogP contribution is 2.25. The van der Waals surface area contributed by atoms with Gasteiger partial charge in [-0.15, -0.1) is 0 Å². The fraction of sp³-hybridized carbons (Fsp3) is 0.133. The van der Waals surface area contributed by atoms with Crippen LogP contribution >= 0.6 is 15.9 Å². The minimum atomic E-state index is -3.86. The Morgan fingerprint density at radius 2 is 1.68 bits per heavy atom. The van der Waals surface area contributed by atoms with Gasteiger partial charge >= 0.3 is 5.97 Å². The van der Waals surface area contributed by atoms with Gasteiger partial charge < -0.3 is 5.11 Å². The van der Waals surface area contributed by atoms with Gasteiger partial charge in [0.25, 0.3) is 10.0 Å². The molecule has 0 fully saturated rings. The minimum Gasteiger partial charge on any atom is -0.478 e. The van der Waals surface area contributed by atoms with E-state index in [4.69, 9.17) is 0 Å². The van der Waals surface area contributed by atoms with Gasteiger partial charge in [-0.3, -0.25) is 4.72 Å². The number of nitrogens with one attached hydrogen (secondary N) is 1. The van der Waals surface area contributed by atoms with E-state index in [1.54, 1.807) is 31.2 Å². The predicted octanol–water partition coefficient (Wildman–Crippen LogP) is 3.56. The molecule has 0 aliphatic carbocycles. The van der Waals surface area contributed by atoms with Gasteiger partial charge in [-0.05, 0) is 55.3 Å². The summed E-state index contributed by atoms with van der Waals surface area (Å²) in [6.07, 6.45) is 0. The highest BCUT2D eigenvalue weighted by molar-refractivity contribution is 9.10. The van der Waals surface area contributed by atoms with Gasteiger partial charge in [-0.25, -0.2) is 13.2 Å². The van der Waals surface area contributed by atoms with Crippen LogP contribution in [0.3, 0.4) is 0 Å². The van der Waals surface area contributed by atoms with E-state index in [0.717, 1.165) is 4.47 Å². The number of aromatic carboxylic acids is 1. The summed E-state index contributed by atoms with van der Waals surface area (Å²) in [6, 6.07) is 9.56. The molecular formula is C15H14BrNO4S. The van der Waals surface area contributed by atoms with Crippen molar-refractivity contribution in [2.45, 2.75) is 18.7 Å². The molecule has 0 saturated heterocycles. The standard InChI is InChI=1S/C15H14BrNO4S/c1-9-3-8-13(10(2)14(9)15(18)19)22(20,21)17-12-6-4-11(16)5-7-12/h3-8,17H,1-2H3,(H,18,19). The number of rotatable bonds is 4. The van der Waals surface area contributed by atoms with Gasteiger partial charge in [-0.1, -0.05) is 22.0 Å². The third-order valence-electron chi connectivity index (χ3n) is 3.22. The molecule has 0 aromatic heterocycles. The minimum absolute atomic E-state index is 0.0127. The summed E-state index contributed by atoms with van der Waals surface area (Å²) < 4.78 is 28.2. The summed E-state index contributed by atoms with van der Waals surface area (Å²) in [5, 5.41) is 9.24. The maximum atomic E-state index is 12.5. The number of benzene rings is 2. The highest BCUT2D eigenvalue weighted by atomic mass is 79.9. The average molecular weight is 384 g/mol. The highest BCUT2D eigenvalue weighted by Gasteiger charge is 2.22. The molecule has 0 heterocycles. The second-order valence-corrected chi connectivity index (χ2v) is 7.36. The molecule has 2 rings (SSSR count). The van der Waals surface area contributed by atoms with Gasteiger partial charge in [0, 0.05) is 10.2 Å². The van der Waals surface area contributed by atoms with E-state index >= 15 is 0 Å². The van der Waals surface area contributed by atoms with Crippen molar-refractivity contribution in [3.8, 4) is 0 Å². The maximum absolute atomic E-state index is 12.5. The third-order valence-corrected chi connectivity index (χ3v) is 5.28. The zero-order valence-corrected chi connectivity index (χ0v) is 14.3. The molecule has 22 heavy (non-hydrogen) atoms. The molecule has 0 amide bonds. The van der Waals surface area contributed by atoms with Gasteiger partial charge in [0.2, 0.25) is 0 Å². The van der Waals surface area contributed by atoms with Crippen LogP contribution in [0.5, 0.6) is 0 Å². The Morgan fingerprint density at radius 1 is 1.09 bits per heavy atom. The molecule has 0 atom stereocenters. The molecule has 2 aromatic rings. The molecule has 0 unspecified atom stereocenters. The number of aryl methyl sites for hydroxylation is 1. The topological polar surface area (TPSA) is 83.5 Å². The second-order valence-electron chi connectivity index (χ2n) is 4.80. The van der Waals surface area contributed by atoms with Gasteiger partial charge in [0.1, 0.15) is 0 Å². The molecule has 2 N–H and O–H groups in total. The van der Waals surface area contributed by atoms with Crippen molar-refractivity contribution in [1.82, 2.24) is 0 Å². The van der Waals surface area contributed by atoms with Crippen LogP contribution in [-0.2, 0) is 10.0 Å². The van der Waals surface area contributed by atoms with E-state index in [9.17, 15) is 18.3 Å². The molecule has 0 aliphatic heterocycles. The van der Waals surface area contributed by atoms with Crippen LogP contribution in [0.4, 0.5) is 5.69 Å². The number of halogens is 1. The van der Waals surface area contributed by atoms with Crippen molar-refractivity contribution in [3.63, 3.8) is 0 Å². The van der Waals surface area contributed by atoms with Crippen molar-refractivity contribution >= 4 is 37.6 Å². The largest absolute Gasteiger partial charge is 0.478 e. The average Bonchev–Trinajstić information content (AvgIpc) is 2.40. The van der Waals surface area contributed by atoms with Crippen LogP contribution in [0.25, 0.3) is 0 Å². The first-order chi connectivity index (χ1) is 10.2. The Kier molecular flexibility index (Phi) is 4.58. The zero-order valence-electron chi connectivity index (χ0n) is 11.9. The van der Waals surface area contributed by atoms with Crippen molar-refractivity contribution in [2.24, 2.45) is 0 Å². The lowest BCUT2D eigenvalue weighted by Crippen LogP contribution is -2.16. The smallest absolute Gasteiger partial charge is 0.336 e. The van der Waals surface area contributed by atoms with E-state index < -0.39 is 16.0 Å². The summed E-state index contributed by atoms with van der Waals surface area (Å²) in [5.74, 6) is -1.14. The molecule has 2 aromatic carbocycles. The van der Waals surface area contributed by atoms with Crippen LogP contribution in [0.15, 0.2) is 45.8 Å². The summed E-state index contributed by atoms with van der Waals surface area (Å²) in [7, 11) is -3.86. The Balaban J connectivity index is 2.48. The number of hydrogen-bond acceptors (Lipinski definition) is 3. The van der Waals surface area contributed by atoms with Crippen LogP contribution in [0.2, 0.25) is 0 Å². The predicted molar refractivity (Wildman–Crippen MR) is 87.8 cm³/mol. The van der Waals surface area contributed by atoms with Crippen LogP contribution in [0.1, 0.15) is 21.5 Å². The second kappa shape index (κ2) is 6.10. The molecule has 0 aliphatic rings. The molecule has 0 spiro atoms. The summed E-state index contributed by atoms with van der Waals surface area (Å²) in [4.78, 5) is 11.3. The van der Waals surface area contributed by atoms with E-state index in [-0.39, 0.29) is 16.0 Å². The quantitative estimate of drug-likeness (QED) is 0.844. The molecule has 0 radical (unpaired) electrons. The third kappa shape index (κ3) is 3.31. The number of carboxylic acids is 1. The number of carboxylic acid groups (broad SMARTS) is 1. The Morgan fingerprint density at radius 3 is 2.23 bits per heavy atom. The Labute approximate surface area is 137 Å². The fourth-order valence-electron chi connectivity index (χ4n) is 2.18. The summed E-state index contributed by atoms with van der Waals surface area (Å²) >= 11 is 3.27. The van der Waals surface area contributed by atoms with E-state index in [1.807, 2.05) is 0 Å². The first kappa shape index (κ1) is 16.5. The van der Waals surface area contributed by atoms with Crippen LogP contribution < -0.4 is 4.72 Å². The van der Waals surface area contributed by atoms with Gasteiger partial charge in [0.05, 0.1) is 10.5 Å². The van der Waals surface area contributed by atoms with Crippen molar-refractivity contribution in [1.29, 1.82) is 0 Å². The molecule has 0 bridgehead atoms. The molecule has 116 valence electrons. The number of carbonyl (C=O) groups is 1. The lowest BCUT2D eigenvalue weighted by molar-refractivity contribution is 0.0695. The number of anilines is 1. The molecule has 5 nitrogen and oxygen atoms in total. The van der Waals surface area contributed by atoms with E-state index in [1.165, 1.54) is 19.1 Å². The van der Waals surface area contributed by atoms with Crippen LogP contribution in [-0.4, -0.2) is 19.5 Å². The fourth-order valence-corrected chi connectivity index (χ4v) is 3.75. The lowest BCUT2D eigenvalue weighted by atomic mass is 10.0. The molecule has 0 saturated carbocycles. The Bertz CT molecular complexity index is 829. The van der Waals surface area contributed by atoms with E-state index in [2.05, 4.69) is 20.7 Å². The van der Waals surface area contributed by atoms with Gasteiger partial charge in [0.15, 0.2) is 0 Å². The van der Waals surface area contributed by atoms with Crippen molar-refractivity contribution < 1.29 is 18.3 Å². The SMILES string of the molecule is Cc1ccc(S(=O)(=O)Nc2ccc(Br)cc2)c(C)c1C(=O)O. The summed E-state index contributed by atoms with van der Waals surface area (Å²) in [6.45, 7) is 3.13. The maximum Gasteiger partial charge on any atom is 0.336 e. The Hall–Kier alpha value is -1.86. The zero-order chi connectivity index (χ0) is 16.5. The number of sulfonamides is 1. The van der Waals surface area contributed by atoms with Crippen LogP contribution in [0, 0.1) is 13.8 Å². The molecule has 7 heteroatoms. The lowest BCUT2D eigenvalue weighted by Gasteiger charge is -2.13. The van der Waals surface area contributed by atoms with Crippen molar-refractivity contribution in [3.05, 3.63) is 57.6 Å².